The molecule has 9 rings (SSSR count). The second-order valence-electron chi connectivity index (χ2n) is 9.64. The summed E-state index contributed by atoms with van der Waals surface area (Å²) in [5.41, 5.74) is 9.65. The molecule has 0 unspecified atom stereocenters. The van der Waals surface area contributed by atoms with Crippen LogP contribution in [0.1, 0.15) is 44.9 Å². The van der Waals surface area contributed by atoms with E-state index in [1.807, 2.05) is 0 Å². The van der Waals surface area contributed by atoms with Crippen LogP contribution >= 0.6 is 0 Å². The molecule has 158 valence electrons. The fraction of sp³-hybridized carbons (Fsp3) is 0.0588. The third-order valence-corrected chi connectivity index (χ3v) is 8.20. The first kappa shape index (κ1) is 18.3. The van der Waals surface area contributed by atoms with Crippen molar-refractivity contribution in [1.29, 1.82) is 0 Å². The molecule has 6 aromatic carbocycles. The average Bonchev–Trinajstić information content (AvgIpc) is 2.92. The highest BCUT2D eigenvalue weighted by Gasteiger charge is 2.52. The molecule has 0 nitrogen and oxygen atoms in total. The summed E-state index contributed by atoms with van der Waals surface area (Å²) in [7, 11) is 0. The van der Waals surface area contributed by atoms with Crippen molar-refractivity contribution in [1.82, 2.24) is 0 Å². The van der Waals surface area contributed by atoms with Gasteiger partial charge in [0.25, 0.3) is 0 Å². The quantitative estimate of drug-likeness (QED) is 0.230. The minimum atomic E-state index is -0.345. The molecule has 2 bridgehead atoms. The largest absolute Gasteiger partial charge is 0.0716 e. The summed E-state index contributed by atoms with van der Waals surface area (Å²) in [4.78, 5) is 0. The Morgan fingerprint density at radius 1 is 0.382 bits per heavy atom. The molecule has 0 heteroatoms. The Morgan fingerprint density at radius 2 is 0.853 bits per heavy atom. The molecular weight excluding hydrogens is 408 g/mol. The van der Waals surface area contributed by atoms with Crippen LogP contribution in [0.5, 0.6) is 0 Å². The second-order valence-corrected chi connectivity index (χ2v) is 9.64. The molecule has 3 aliphatic rings. The second kappa shape index (κ2) is 6.46. The Balaban J connectivity index is 1.66. The predicted molar refractivity (Wildman–Crippen MR) is 141 cm³/mol. The van der Waals surface area contributed by atoms with Gasteiger partial charge < -0.3 is 0 Å². The van der Waals surface area contributed by atoms with Crippen molar-refractivity contribution in [2.75, 3.05) is 0 Å². The van der Waals surface area contributed by atoms with E-state index in [9.17, 15) is 0 Å². The standard InChI is InChI=1S/C34H22/c1-2-12-24-22(10-1)20-21-23-11-9-19-31(32(23)24)34-28-16-6-3-13-25(28)33(26-14-4-7-17-29(26)34)27-15-5-8-18-30(27)34/h1-21,33H. The van der Waals surface area contributed by atoms with Gasteiger partial charge in [0, 0.05) is 5.92 Å². The smallest absolute Gasteiger partial charge is 0.0619 e. The van der Waals surface area contributed by atoms with Gasteiger partial charge in [-0.25, -0.2) is 0 Å². The van der Waals surface area contributed by atoms with Gasteiger partial charge in [-0.05, 0) is 60.5 Å². The number of benzene rings is 6. The first-order valence-electron chi connectivity index (χ1n) is 12.1. The topological polar surface area (TPSA) is 0 Å². The highest BCUT2D eigenvalue weighted by Crippen LogP contribution is 2.62. The summed E-state index contributed by atoms with van der Waals surface area (Å²) in [6, 6.07) is 47.7. The average molecular weight is 431 g/mol. The van der Waals surface area contributed by atoms with E-state index >= 15 is 0 Å². The van der Waals surface area contributed by atoms with Crippen molar-refractivity contribution in [3.8, 4) is 0 Å². The maximum absolute atomic E-state index is 2.38. The number of hydrogen-bond donors (Lipinski definition) is 0. The third-order valence-electron chi connectivity index (χ3n) is 8.20. The summed E-state index contributed by atoms with van der Waals surface area (Å²) in [5, 5.41) is 5.27. The first-order chi connectivity index (χ1) is 16.9. The van der Waals surface area contributed by atoms with E-state index in [1.165, 1.54) is 60.5 Å². The SMILES string of the molecule is c1ccc2c(c1)C1c3ccccc3C2(c2cccc3ccc4ccccc4c23)c2ccccc21. The van der Waals surface area contributed by atoms with Crippen LogP contribution in [-0.2, 0) is 5.41 Å². The van der Waals surface area contributed by atoms with Gasteiger partial charge in [0.1, 0.15) is 0 Å². The van der Waals surface area contributed by atoms with Crippen LogP contribution < -0.4 is 0 Å². The lowest BCUT2D eigenvalue weighted by atomic mass is 9.50. The van der Waals surface area contributed by atoms with Crippen LogP contribution in [0.4, 0.5) is 0 Å². The maximum atomic E-state index is 2.38. The molecule has 0 N–H and O–H groups in total. The van der Waals surface area contributed by atoms with Crippen LogP contribution in [0.2, 0.25) is 0 Å². The van der Waals surface area contributed by atoms with Gasteiger partial charge in [0.15, 0.2) is 0 Å². The molecule has 0 atom stereocenters. The summed E-state index contributed by atoms with van der Waals surface area (Å²) in [6.45, 7) is 0. The molecule has 0 saturated carbocycles. The van der Waals surface area contributed by atoms with E-state index in [1.54, 1.807) is 0 Å². The van der Waals surface area contributed by atoms with Crippen molar-refractivity contribution < 1.29 is 0 Å². The van der Waals surface area contributed by atoms with E-state index in [0.29, 0.717) is 0 Å². The number of fused-ring (bicyclic) bond motifs is 3. The van der Waals surface area contributed by atoms with Crippen molar-refractivity contribution in [3.05, 3.63) is 166 Å². The first-order valence-corrected chi connectivity index (χ1v) is 12.1. The van der Waals surface area contributed by atoms with Gasteiger partial charge in [-0.1, -0.05) is 127 Å². The van der Waals surface area contributed by atoms with Gasteiger partial charge in [-0.15, -0.1) is 0 Å². The summed E-state index contributed by atoms with van der Waals surface area (Å²) in [6.07, 6.45) is 0. The highest BCUT2D eigenvalue weighted by atomic mass is 14.5. The molecule has 0 aliphatic heterocycles. The monoisotopic (exact) mass is 430 g/mol. The Labute approximate surface area is 199 Å². The van der Waals surface area contributed by atoms with Gasteiger partial charge in [0.05, 0.1) is 5.41 Å². The number of rotatable bonds is 1. The fourth-order valence-corrected chi connectivity index (χ4v) is 7.02. The zero-order valence-electron chi connectivity index (χ0n) is 18.7. The lowest BCUT2D eigenvalue weighted by Gasteiger charge is -2.51. The number of hydrogen-bond acceptors (Lipinski definition) is 0. The van der Waals surface area contributed by atoms with Crippen LogP contribution in [0.15, 0.2) is 127 Å². The predicted octanol–water partition coefficient (Wildman–Crippen LogP) is 8.18. The molecule has 3 aliphatic carbocycles. The van der Waals surface area contributed by atoms with Crippen molar-refractivity contribution in [2.45, 2.75) is 11.3 Å². The lowest BCUT2D eigenvalue weighted by Crippen LogP contribution is -2.43. The fourth-order valence-electron chi connectivity index (χ4n) is 7.02. The molecule has 0 radical (unpaired) electrons. The normalized spacial score (nSPS) is 19.6. The van der Waals surface area contributed by atoms with Crippen LogP contribution in [0, 0.1) is 0 Å². The van der Waals surface area contributed by atoms with E-state index in [4.69, 9.17) is 0 Å². The summed E-state index contributed by atoms with van der Waals surface area (Å²) >= 11 is 0. The minimum absolute atomic E-state index is 0.289. The highest BCUT2D eigenvalue weighted by molar-refractivity contribution is 6.10. The molecule has 6 aromatic rings. The summed E-state index contributed by atoms with van der Waals surface area (Å²) < 4.78 is 0. The summed E-state index contributed by atoms with van der Waals surface area (Å²) in [5.74, 6) is 0.289. The van der Waals surface area contributed by atoms with E-state index in [0.717, 1.165) is 0 Å². The van der Waals surface area contributed by atoms with Gasteiger partial charge >= 0.3 is 0 Å². The van der Waals surface area contributed by atoms with Crippen molar-refractivity contribution in [3.63, 3.8) is 0 Å². The third kappa shape index (κ3) is 2.05. The molecule has 0 aromatic heterocycles. The van der Waals surface area contributed by atoms with E-state index < -0.39 is 0 Å². The Morgan fingerprint density at radius 3 is 1.50 bits per heavy atom. The molecule has 0 saturated heterocycles. The molecule has 0 spiro atoms. The Hall–Kier alpha value is -4.16. The molecular formula is C34H22. The van der Waals surface area contributed by atoms with E-state index in [2.05, 4.69) is 127 Å². The molecule has 0 fully saturated rings. The van der Waals surface area contributed by atoms with Crippen LogP contribution in [0.3, 0.4) is 0 Å². The minimum Gasteiger partial charge on any atom is -0.0619 e. The van der Waals surface area contributed by atoms with Crippen LogP contribution in [0.25, 0.3) is 21.5 Å². The Bertz CT molecular complexity index is 1660. The van der Waals surface area contributed by atoms with Gasteiger partial charge in [-0.3, -0.25) is 0 Å². The van der Waals surface area contributed by atoms with Gasteiger partial charge in [-0.2, -0.15) is 0 Å². The molecule has 0 heterocycles. The van der Waals surface area contributed by atoms with E-state index in [-0.39, 0.29) is 11.3 Å². The van der Waals surface area contributed by atoms with Crippen molar-refractivity contribution in [2.24, 2.45) is 0 Å². The van der Waals surface area contributed by atoms with Gasteiger partial charge in [0.2, 0.25) is 0 Å². The maximum Gasteiger partial charge on any atom is 0.0716 e. The Kier molecular flexibility index (Phi) is 3.47. The zero-order valence-corrected chi connectivity index (χ0v) is 18.7. The van der Waals surface area contributed by atoms with Crippen LogP contribution in [-0.4, -0.2) is 0 Å². The molecule has 34 heavy (non-hydrogen) atoms. The lowest BCUT2D eigenvalue weighted by molar-refractivity contribution is 0.634. The molecule has 0 amide bonds. The zero-order chi connectivity index (χ0) is 22.3. The van der Waals surface area contributed by atoms with Crippen molar-refractivity contribution >= 4 is 21.5 Å².